The van der Waals surface area contributed by atoms with Crippen LogP contribution >= 0.6 is 0 Å². The normalized spacial score (nSPS) is 26.7. The number of hydrogen-bond acceptors (Lipinski definition) is 3. The number of rotatable bonds is 3. The second kappa shape index (κ2) is 4.49. The van der Waals surface area contributed by atoms with Crippen LogP contribution in [0.2, 0.25) is 0 Å². The summed E-state index contributed by atoms with van der Waals surface area (Å²) in [5.41, 5.74) is 0. The zero-order chi connectivity index (χ0) is 10.8. The van der Waals surface area contributed by atoms with Crippen LogP contribution in [0.5, 0.6) is 0 Å². The largest absolute Gasteiger partial charge is 0.366 e. The number of nitrogens with one attached hydrogen (secondary N) is 1. The predicted molar refractivity (Wildman–Crippen MR) is 57.6 cm³/mol. The van der Waals surface area contributed by atoms with Crippen LogP contribution < -0.4 is 5.32 Å². The molecule has 15 heavy (non-hydrogen) atoms. The van der Waals surface area contributed by atoms with Gasteiger partial charge in [0.1, 0.15) is 6.10 Å². The van der Waals surface area contributed by atoms with Gasteiger partial charge in [0.2, 0.25) is 0 Å². The zero-order valence-corrected chi connectivity index (χ0v) is 9.53. The first-order chi connectivity index (χ1) is 7.20. The van der Waals surface area contributed by atoms with E-state index < -0.39 is 0 Å². The van der Waals surface area contributed by atoms with E-state index in [4.69, 9.17) is 4.74 Å². The fourth-order valence-corrected chi connectivity index (χ4v) is 2.10. The van der Waals surface area contributed by atoms with Crippen LogP contribution in [0, 0.1) is 0 Å². The Morgan fingerprint density at radius 2 is 2.20 bits per heavy atom. The fraction of sp³-hybridized carbons (Fsp3) is 0.909. The monoisotopic (exact) mass is 212 g/mol. The van der Waals surface area contributed by atoms with Crippen LogP contribution in [-0.4, -0.2) is 48.7 Å². The van der Waals surface area contributed by atoms with Crippen molar-refractivity contribution in [3.05, 3.63) is 0 Å². The molecular weight excluding hydrogens is 192 g/mol. The molecule has 4 nitrogen and oxygen atoms in total. The molecular formula is C11H20N2O2. The lowest BCUT2D eigenvalue weighted by atomic mass is 10.2. The van der Waals surface area contributed by atoms with E-state index in [2.05, 4.69) is 19.2 Å². The Labute approximate surface area is 91.0 Å². The number of amides is 1. The Balaban J connectivity index is 1.96. The number of ether oxygens (including phenoxy) is 1. The molecule has 1 saturated heterocycles. The summed E-state index contributed by atoms with van der Waals surface area (Å²) in [6, 6.07) is 0.763. The van der Waals surface area contributed by atoms with Crippen molar-refractivity contribution >= 4 is 5.91 Å². The van der Waals surface area contributed by atoms with Gasteiger partial charge in [-0.2, -0.15) is 0 Å². The Kier molecular flexibility index (Phi) is 3.26. The van der Waals surface area contributed by atoms with Gasteiger partial charge in [0.25, 0.3) is 5.91 Å². The summed E-state index contributed by atoms with van der Waals surface area (Å²) >= 11 is 0. The SMILES string of the molecule is CC(C)N(C(=O)[C@H]1CNCCO1)C1CC1. The fourth-order valence-electron chi connectivity index (χ4n) is 2.10. The van der Waals surface area contributed by atoms with Crippen molar-refractivity contribution < 1.29 is 9.53 Å². The molecule has 0 aromatic rings. The highest BCUT2D eigenvalue weighted by atomic mass is 16.5. The maximum atomic E-state index is 12.2. The van der Waals surface area contributed by atoms with E-state index in [1.54, 1.807) is 0 Å². The first-order valence-electron chi connectivity index (χ1n) is 5.84. The van der Waals surface area contributed by atoms with Crippen molar-refractivity contribution in [3.63, 3.8) is 0 Å². The summed E-state index contributed by atoms with van der Waals surface area (Å²) in [6.07, 6.45) is 2.05. The first-order valence-corrected chi connectivity index (χ1v) is 5.84. The molecule has 0 radical (unpaired) electrons. The molecule has 1 heterocycles. The quantitative estimate of drug-likeness (QED) is 0.735. The van der Waals surface area contributed by atoms with Crippen LogP contribution in [0.3, 0.4) is 0 Å². The maximum absolute atomic E-state index is 12.2. The van der Waals surface area contributed by atoms with Crippen molar-refractivity contribution in [1.82, 2.24) is 10.2 Å². The van der Waals surface area contributed by atoms with Crippen molar-refractivity contribution in [1.29, 1.82) is 0 Å². The molecule has 0 bridgehead atoms. The molecule has 1 aliphatic heterocycles. The Hall–Kier alpha value is -0.610. The molecule has 1 aliphatic carbocycles. The molecule has 1 atom stereocenters. The molecule has 2 fully saturated rings. The van der Waals surface area contributed by atoms with Gasteiger partial charge in [-0.3, -0.25) is 4.79 Å². The number of carbonyl (C=O) groups excluding carboxylic acids is 1. The van der Waals surface area contributed by atoms with E-state index in [0.29, 0.717) is 19.2 Å². The molecule has 0 aromatic heterocycles. The highest BCUT2D eigenvalue weighted by Crippen LogP contribution is 2.29. The van der Waals surface area contributed by atoms with Crippen molar-refractivity contribution in [2.45, 2.75) is 44.9 Å². The van der Waals surface area contributed by atoms with Gasteiger partial charge in [0.05, 0.1) is 6.61 Å². The first kappa shape index (κ1) is 10.9. The van der Waals surface area contributed by atoms with Crippen LogP contribution in [-0.2, 0) is 9.53 Å². The molecule has 4 heteroatoms. The van der Waals surface area contributed by atoms with E-state index in [1.165, 1.54) is 0 Å². The van der Waals surface area contributed by atoms with Crippen LogP contribution in [0.4, 0.5) is 0 Å². The third kappa shape index (κ3) is 2.49. The average Bonchev–Trinajstić information content (AvgIpc) is 3.03. The van der Waals surface area contributed by atoms with Gasteiger partial charge >= 0.3 is 0 Å². The molecule has 0 aromatic carbocycles. The molecule has 2 aliphatic rings. The molecule has 86 valence electrons. The highest BCUT2D eigenvalue weighted by molar-refractivity contribution is 5.82. The third-order valence-electron chi connectivity index (χ3n) is 2.95. The molecule has 1 saturated carbocycles. The molecule has 2 rings (SSSR count). The van der Waals surface area contributed by atoms with Crippen molar-refractivity contribution in [2.24, 2.45) is 0 Å². The van der Waals surface area contributed by atoms with Crippen LogP contribution in [0.15, 0.2) is 0 Å². The summed E-state index contributed by atoms with van der Waals surface area (Å²) in [4.78, 5) is 14.2. The molecule has 0 unspecified atom stereocenters. The lowest BCUT2D eigenvalue weighted by Crippen LogP contribution is -2.52. The van der Waals surface area contributed by atoms with E-state index in [0.717, 1.165) is 19.4 Å². The van der Waals surface area contributed by atoms with Crippen molar-refractivity contribution in [3.8, 4) is 0 Å². The van der Waals surface area contributed by atoms with Gasteiger partial charge < -0.3 is 15.0 Å². The number of carbonyl (C=O) groups is 1. The van der Waals surface area contributed by atoms with E-state index in [9.17, 15) is 4.79 Å². The number of morpholine rings is 1. The van der Waals surface area contributed by atoms with Crippen molar-refractivity contribution in [2.75, 3.05) is 19.7 Å². The Morgan fingerprint density at radius 3 is 2.67 bits per heavy atom. The minimum atomic E-state index is -0.262. The third-order valence-corrected chi connectivity index (χ3v) is 2.95. The summed E-state index contributed by atoms with van der Waals surface area (Å²) in [6.45, 7) is 6.32. The second-order valence-electron chi connectivity index (χ2n) is 4.63. The standard InChI is InChI=1S/C11H20N2O2/c1-8(2)13(9-3-4-9)11(14)10-7-12-5-6-15-10/h8-10,12H,3-7H2,1-2H3/t10-/m1/s1. The number of nitrogens with zero attached hydrogens (tertiary/aromatic N) is 1. The Morgan fingerprint density at radius 1 is 1.47 bits per heavy atom. The maximum Gasteiger partial charge on any atom is 0.253 e. The van der Waals surface area contributed by atoms with Gasteiger partial charge in [0.15, 0.2) is 0 Å². The van der Waals surface area contributed by atoms with Gasteiger partial charge in [0, 0.05) is 25.2 Å². The minimum Gasteiger partial charge on any atom is -0.366 e. The van der Waals surface area contributed by atoms with Gasteiger partial charge in [-0.15, -0.1) is 0 Å². The summed E-state index contributed by atoms with van der Waals surface area (Å²) in [7, 11) is 0. The minimum absolute atomic E-state index is 0.166. The van der Waals surface area contributed by atoms with E-state index >= 15 is 0 Å². The number of hydrogen-bond donors (Lipinski definition) is 1. The van der Waals surface area contributed by atoms with E-state index in [1.807, 2.05) is 4.90 Å². The lowest BCUT2D eigenvalue weighted by molar-refractivity contribution is -0.147. The summed E-state index contributed by atoms with van der Waals surface area (Å²) < 4.78 is 5.50. The summed E-state index contributed by atoms with van der Waals surface area (Å²) in [5, 5.41) is 3.20. The molecule has 1 amide bonds. The zero-order valence-electron chi connectivity index (χ0n) is 9.53. The van der Waals surface area contributed by atoms with Gasteiger partial charge in [-0.25, -0.2) is 0 Å². The second-order valence-corrected chi connectivity index (χ2v) is 4.63. The van der Waals surface area contributed by atoms with E-state index in [-0.39, 0.29) is 18.1 Å². The topological polar surface area (TPSA) is 41.6 Å². The summed E-state index contributed by atoms with van der Waals surface area (Å²) in [5.74, 6) is 0.166. The average molecular weight is 212 g/mol. The van der Waals surface area contributed by atoms with Crippen LogP contribution in [0.25, 0.3) is 0 Å². The molecule has 1 N–H and O–H groups in total. The lowest BCUT2D eigenvalue weighted by Gasteiger charge is -2.32. The van der Waals surface area contributed by atoms with Gasteiger partial charge in [-0.05, 0) is 26.7 Å². The highest BCUT2D eigenvalue weighted by Gasteiger charge is 2.38. The molecule has 0 spiro atoms. The van der Waals surface area contributed by atoms with Crippen LogP contribution in [0.1, 0.15) is 26.7 Å². The predicted octanol–water partition coefficient (Wildman–Crippen LogP) is 0.374. The van der Waals surface area contributed by atoms with Gasteiger partial charge in [-0.1, -0.05) is 0 Å². The smallest absolute Gasteiger partial charge is 0.253 e. The Bertz CT molecular complexity index is 231.